The largest absolute Gasteiger partial charge is 2.00 e. The normalized spacial score (nSPS) is 10.3. The molecule has 0 unspecified atom stereocenters. The number of Topliss-reactive ketones (excluding diaryl/α,β-unsaturated/α-hetero) is 1. The molecular weight excluding hydrogens is 505 g/mol. The number of nitrogens with zero attached hydrogens (tertiary/aromatic N) is 2. The summed E-state index contributed by atoms with van der Waals surface area (Å²) in [4.78, 5) is 27.8. The van der Waals surface area contributed by atoms with Gasteiger partial charge in [0.1, 0.15) is 0 Å². The van der Waals surface area contributed by atoms with E-state index in [4.69, 9.17) is 0 Å². The smallest absolute Gasteiger partial charge is 0.234 e. The van der Waals surface area contributed by atoms with Gasteiger partial charge in [-0.2, -0.15) is 25.3 Å². The summed E-state index contributed by atoms with van der Waals surface area (Å²) in [6, 6.07) is 12.0. The Morgan fingerprint density at radius 1 is 0.967 bits per heavy atom. The molecule has 0 spiro atoms. The molecule has 0 aromatic heterocycles. The number of nitrogens with one attached hydrogen (secondary N) is 1. The topological polar surface area (TPSA) is 81.2 Å². The van der Waals surface area contributed by atoms with E-state index in [0.29, 0.717) is 24.6 Å². The quantitative estimate of drug-likeness (QED) is 0.306. The van der Waals surface area contributed by atoms with Gasteiger partial charge in [0.25, 0.3) is 0 Å². The van der Waals surface area contributed by atoms with E-state index in [0.717, 1.165) is 41.7 Å². The van der Waals surface area contributed by atoms with Gasteiger partial charge in [0.05, 0.1) is 6.54 Å². The first kappa shape index (κ1) is 28.9. The average Bonchev–Trinajstić information content (AvgIpc) is 2.69. The third kappa shape index (κ3) is 8.96. The van der Waals surface area contributed by atoms with E-state index in [1.807, 2.05) is 31.3 Å². The van der Waals surface area contributed by atoms with Gasteiger partial charge in [0, 0.05) is 76.1 Å². The van der Waals surface area contributed by atoms with Crippen molar-refractivity contribution >= 4 is 53.4 Å². The van der Waals surface area contributed by atoms with Crippen LogP contribution in [0.1, 0.15) is 17.3 Å². The first-order valence-corrected chi connectivity index (χ1v) is 10.7. The molecule has 30 heavy (non-hydrogen) atoms. The van der Waals surface area contributed by atoms with E-state index >= 15 is 0 Å². The number of thiol groups is 2. The molecule has 167 valence electrons. The summed E-state index contributed by atoms with van der Waals surface area (Å²) in [6.45, 7) is 4.86. The maximum absolute atomic E-state index is 12.0. The second-order valence-electron chi connectivity index (χ2n) is 6.80. The molecule has 0 aliphatic heterocycles. The van der Waals surface area contributed by atoms with Crippen LogP contribution >= 0.6 is 25.3 Å². The van der Waals surface area contributed by atoms with Crippen LogP contribution in [0.3, 0.4) is 0 Å². The minimum absolute atomic E-state index is 0. The van der Waals surface area contributed by atoms with Gasteiger partial charge in [-0.15, -0.1) is 0 Å². The molecule has 6 nitrogen and oxygen atoms in total. The first-order valence-electron chi connectivity index (χ1n) is 9.41. The van der Waals surface area contributed by atoms with Gasteiger partial charge in [-0.05, 0) is 35.9 Å². The van der Waals surface area contributed by atoms with Crippen molar-refractivity contribution in [1.29, 1.82) is 0 Å². The van der Waals surface area contributed by atoms with E-state index < -0.39 is 0 Å². The summed E-state index contributed by atoms with van der Waals surface area (Å²) in [5.74, 6) is 1.44. The molecule has 0 aliphatic carbocycles. The number of ketones is 1. The Bertz CT molecular complexity index is 823. The van der Waals surface area contributed by atoms with Crippen LogP contribution in [0.25, 0.3) is 10.8 Å². The number of amides is 1. The number of carbonyl (C=O) groups is 2. The van der Waals surface area contributed by atoms with Crippen LogP contribution < -0.4 is 10.2 Å². The van der Waals surface area contributed by atoms with E-state index in [2.05, 4.69) is 52.5 Å². The minimum Gasteiger partial charge on any atom is -2.00 e. The van der Waals surface area contributed by atoms with Crippen molar-refractivity contribution in [3.8, 4) is 0 Å². The Kier molecular flexibility index (Phi) is 14.3. The maximum atomic E-state index is 12.0. The van der Waals surface area contributed by atoms with Gasteiger partial charge in [0.15, 0.2) is 5.78 Å². The number of rotatable bonds is 11. The zero-order chi connectivity index (χ0) is 20.5. The van der Waals surface area contributed by atoms with Crippen molar-refractivity contribution in [3.63, 3.8) is 0 Å². The van der Waals surface area contributed by atoms with Gasteiger partial charge >= 0.3 is 0 Å². The fourth-order valence-electron chi connectivity index (χ4n) is 2.98. The van der Waals surface area contributed by atoms with E-state index in [1.54, 1.807) is 6.92 Å². The number of fused-ring (bicyclic) bond motifs is 1. The summed E-state index contributed by atoms with van der Waals surface area (Å²) >= 11 is 8.42. The number of likely N-dealkylation sites (N-methyl/N-ethyl adjacent to an activating group) is 1. The molecule has 1 amide bonds. The summed E-state index contributed by atoms with van der Waals surface area (Å²) < 4.78 is 0. The molecule has 0 heterocycles. The molecule has 1 radical (unpaired) electrons. The van der Waals surface area contributed by atoms with Crippen LogP contribution in [-0.4, -0.2) is 67.9 Å². The van der Waals surface area contributed by atoms with Crippen LogP contribution in [0, 0.1) is 0 Å². The van der Waals surface area contributed by atoms with Crippen LogP contribution in [0.5, 0.6) is 0 Å². The molecule has 0 saturated carbocycles. The Hall–Kier alpha value is -1.09. The first-order chi connectivity index (χ1) is 13.4. The second kappa shape index (κ2) is 14.8. The predicted molar refractivity (Wildman–Crippen MR) is 125 cm³/mol. The molecule has 0 aliphatic rings. The van der Waals surface area contributed by atoms with Crippen LogP contribution in [0.15, 0.2) is 36.4 Å². The van der Waals surface area contributed by atoms with Crippen LogP contribution in [-0.2, 0) is 30.4 Å². The second-order valence-corrected chi connectivity index (χ2v) is 7.69. The summed E-state index contributed by atoms with van der Waals surface area (Å²) in [7, 11) is 2.05. The Labute approximate surface area is 203 Å². The molecule has 0 fully saturated rings. The number of carbonyl (C=O) groups excluding carboxylic acids is 2. The van der Waals surface area contributed by atoms with Crippen molar-refractivity contribution in [1.82, 2.24) is 10.2 Å². The van der Waals surface area contributed by atoms with E-state index in [1.165, 1.54) is 0 Å². The number of anilines is 1. The Morgan fingerprint density at radius 2 is 1.63 bits per heavy atom. The van der Waals surface area contributed by atoms with Crippen molar-refractivity contribution in [2.45, 2.75) is 6.92 Å². The molecule has 1 N–H and O–H groups in total. The van der Waals surface area contributed by atoms with Crippen molar-refractivity contribution in [3.05, 3.63) is 42.0 Å². The van der Waals surface area contributed by atoms with Crippen molar-refractivity contribution < 1.29 is 35.2 Å². The zero-order valence-corrected chi connectivity index (χ0v) is 21.0. The Morgan fingerprint density at radius 3 is 2.27 bits per heavy atom. The van der Waals surface area contributed by atoms with Gasteiger partial charge in [0.2, 0.25) is 5.91 Å². The van der Waals surface area contributed by atoms with Gasteiger partial charge in [-0.1, -0.05) is 18.2 Å². The van der Waals surface area contributed by atoms with Crippen molar-refractivity contribution in [2.75, 3.05) is 56.2 Å². The molecule has 2 aromatic rings. The Balaban J connectivity index is 0.00000420. The van der Waals surface area contributed by atoms with Crippen LogP contribution in [0.2, 0.25) is 0 Å². The van der Waals surface area contributed by atoms with Crippen LogP contribution in [0.4, 0.5) is 5.69 Å². The molecule has 0 saturated heterocycles. The third-order valence-electron chi connectivity index (χ3n) is 4.64. The maximum Gasteiger partial charge on any atom is 0.234 e. The number of benzene rings is 2. The molecule has 0 bridgehead atoms. The van der Waals surface area contributed by atoms with Gasteiger partial charge in [-0.3, -0.25) is 14.5 Å². The standard InChI is InChI=1S/C21H29N3O2S2.O.Tc/c1-16(25)17-3-4-19-14-20(6-5-18(19)13-17)23(2)8-9-24(10-12-28)15-21(26)22-7-11-27;;/h3-6,13-14,27-28H,7-12,15H2,1-2H3,(H,22,26);;/q;-2;/i;;1+1. The molecule has 2 rings (SSSR count). The fraction of sp³-hybridized carbons (Fsp3) is 0.429. The SMILES string of the molecule is CC(=O)c1ccc2cc(N(C)CCN(CCS)CC(=O)NCCS)ccc2c1.[99Tc].[O-2]. The average molecular weight is 535 g/mol. The number of hydrogen-bond donors (Lipinski definition) is 3. The molecule has 9 heteroatoms. The van der Waals surface area contributed by atoms with E-state index in [9.17, 15) is 9.59 Å². The summed E-state index contributed by atoms with van der Waals surface area (Å²) in [6.07, 6.45) is 0. The number of hydrogen-bond acceptors (Lipinski definition) is 6. The van der Waals surface area contributed by atoms with Gasteiger partial charge in [-0.25, -0.2) is 0 Å². The minimum atomic E-state index is 0. The molecular formula is C21H29N3O3S2Tc-2. The fourth-order valence-corrected chi connectivity index (χ4v) is 3.37. The van der Waals surface area contributed by atoms with Crippen molar-refractivity contribution in [2.24, 2.45) is 0 Å². The van der Waals surface area contributed by atoms with E-state index in [-0.39, 0.29) is 37.3 Å². The van der Waals surface area contributed by atoms with Gasteiger partial charge < -0.3 is 15.7 Å². The third-order valence-corrected chi connectivity index (χ3v) is 5.06. The summed E-state index contributed by atoms with van der Waals surface area (Å²) in [5, 5.41) is 5.02. The predicted octanol–water partition coefficient (Wildman–Crippen LogP) is 2.64. The monoisotopic (exact) mass is 534 g/mol. The zero-order valence-electron chi connectivity index (χ0n) is 17.3. The molecule has 2 aromatic carbocycles. The molecule has 0 atom stereocenters. The summed E-state index contributed by atoms with van der Waals surface area (Å²) in [5.41, 5.74) is 1.83.